The number of methoxy groups -OCH3 is 2. The van der Waals surface area contributed by atoms with Gasteiger partial charge in [0.15, 0.2) is 5.92 Å². The molecular weight excluding hydrogens is 280 g/mol. The number of ether oxygens (including phenoxy) is 2. The van der Waals surface area contributed by atoms with Gasteiger partial charge in [0, 0.05) is 11.8 Å². The summed E-state index contributed by atoms with van der Waals surface area (Å²) in [4.78, 5) is 46.8. The van der Waals surface area contributed by atoms with Crippen LogP contribution in [-0.2, 0) is 28.7 Å². The third-order valence-corrected chi connectivity index (χ3v) is 3.51. The lowest BCUT2D eigenvalue weighted by atomic mass is 9.86. The third-order valence-electron chi connectivity index (χ3n) is 3.51. The van der Waals surface area contributed by atoms with Crippen LogP contribution in [0.5, 0.6) is 0 Å². The van der Waals surface area contributed by atoms with Gasteiger partial charge in [0.25, 0.3) is 0 Å². The summed E-state index contributed by atoms with van der Waals surface area (Å²) in [7, 11) is 2.24. The van der Waals surface area contributed by atoms with Gasteiger partial charge in [-0.05, 0) is 12.8 Å². The van der Waals surface area contributed by atoms with Crippen LogP contribution in [0.4, 0.5) is 0 Å². The van der Waals surface area contributed by atoms with E-state index in [1.165, 1.54) is 6.92 Å². The van der Waals surface area contributed by atoms with Gasteiger partial charge in [0.1, 0.15) is 6.04 Å². The van der Waals surface area contributed by atoms with Gasteiger partial charge < -0.3 is 20.5 Å². The van der Waals surface area contributed by atoms with Crippen LogP contribution in [0.2, 0.25) is 0 Å². The Bertz CT molecular complexity index is 430. The normalized spacial score (nSPS) is 16.8. The first kappa shape index (κ1) is 16.9. The molecule has 0 spiro atoms. The number of amides is 2. The Labute approximate surface area is 122 Å². The van der Waals surface area contributed by atoms with Crippen molar-refractivity contribution in [3.63, 3.8) is 0 Å². The number of hydrogen-bond donors (Lipinski definition) is 2. The van der Waals surface area contributed by atoms with Crippen molar-refractivity contribution in [2.45, 2.75) is 25.8 Å². The molecule has 1 aliphatic carbocycles. The molecule has 0 saturated heterocycles. The second kappa shape index (κ2) is 7.05. The molecule has 0 bridgehead atoms. The molecule has 0 aliphatic heterocycles. The quantitative estimate of drug-likeness (QED) is 0.457. The van der Waals surface area contributed by atoms with Crippen LogP contribution < -0.4 is 11.1 Å². The Morgan fingerprint density at radius 1 is 1.10 bits per heavy atom. The van der Waals surface area contributed by atoms with Crippen LogP contribution in [-0.4, -0.2) is 44.0 Å². The Hall–Kier alpha value is -2.12. The van der Waals surface area contributed by atoms with Gasteiger partial charge in [-0.25, -0.2) is 0 Å². The first-order chi connectivity index (χ1) is 9.83. The van der Waals surface area contributed by atoms with Crippen molar-refractivity contribution in [2.75, 3.05) is 14.2 Å². The summed E-state index contributed by atoms with van der Waals surface area (Å²) in [5.74, 6) is -5.17. The van der Waals surface area contributed by atoms with Gasteiger partial charge >= 0.3 is 11.9 Å². The van der Waals surface area contributed by atoms with Gasteiger partial charge in [-0.15, -0.1) is 0 Å². The topological polar surface area (TPSA) is 125 Å². The Morgan fingerprint density at radius 3 is 1.90 bits per heavy atom. The van der Waals surface area contributed by atoms with Crippen molar-refractivity contribution in [1.29, 1.82) is 0 Å². The molecule has 8 nitrogen and oxygen atoms in total. The number of carbonyl (C=O) groups excluding carboxylic acids is 4. The molecule has 0 aromatic rings. The number of primary amides is 1. The number of rotatable bonds is 7. The molecule has 0 aromatic heterocycles. The summed E-state index contributed by atoms with van der Waals surface area (Å²) in [6.07, 6.45) is 1.51. The lowest BCUT2D eigenvalue weighted by Crippen LogP contribution is -2.53. The summed E-state index contributed by atoms with van der Waals surface area (Å²) in [6, 6.07) is -1.15. The van der Waals surface area contributed by atoms with Crippen molar-refractivity contribution in [1.82, 2.24) is 5.32 Å². The minimum absolute atomic E-state index is 0.131. The molecular formula is C13H20N2O6. The second-order valence-electron chi connectivity index (χ2n) is 5.05. The summed E-state index contributed by atoms with van der Waals surface area (Å²) in [5.41, 5.74) is 5.27. The fourth-order valence-electron chi connectivity index (χ4n) is 2.05. The van der Waals surface area contributed by atoms with Crippen LogP contribution in [0.1, 0.15) is 19.8 Å². The molecule has 8 heteroatoms. The average molecular weight is 300 g/mol. The summed E-state index contributed by atoms with van der Waals surface area (Å²) in [5, 5.41) is 2.49. The predicted octanol–water partition coefficient (Wildman–Crippen LogP) is -1.04. The van der Waals surface area contributed by atoms with Gasteiger partial charge in [-0.2, -0.15) is 0 Å². The zero-order valence-electron chi connectivity index (χ0n) is 12.3. The lowest BCUT2D eigenvalue weighted by Gasteiger charge is -2.26. The van der Waals surface area contributed by atoms with E-state index in [4.69, 9.17) is 5.73 Å². The van der Waals surface area contributed by atoms with Crippen LogP contribution in [0.3, 0.4) is 0 Å². The number of nitrogens with two attached hydrogens (primary N) is 1. The van der Waals surface area contributed by atoms with E-state index in [1.807, 2.05) is 0 Å². The van der Waals surface area contributed by atoms with Gasteiger partial charge in [-0.3, -0.25) is 19.2 Å². The van der Waals surface area contributed by atoms with Crippen molar-refractivity contribution in [2.24, 2.45) is 23.5 Å². The number of nitrogens with one attached hydrogen (secondary N) is 1. The molecule has 1 fully saturated rings. The van der Waals surface area contributed by atoms with E-state index >= 15 is 0 Å². The summed E-state index contributed by atoms with van der Waals surface area (Å²) < 4.78 is 9.09. The van der Waals surface area contributed by atoms with Crippen LogP contribution >= 0.6 is 0 Å². The first-order valence-electron chi connectivity index (χ1n) is 6.58. The van der Waals surface area contributed by atoms with E-state index in [9.17, 15) is 19.2 Å². The number of hydrogen-bond acceptors (Lipinski definition) is 6. The van der Waals surface area contributed by atoms with Crippen LogP contribution in [0.15, 0.2) is 0 Å². The zero-order chi connectivity index (χ0) is 16.2. The highest BCUT2D eigenvalue weighted by molar-refractivity contribution is 5.97. The van der Waals surface area contributed by atoms with Crippen LogP contribution in [0.25, 0.3) is 0 Å². The predicted molar refractivity (Wildman–Crippen MR) is 70.5 cm³/mol. The number of carbonyl (C=O) groups is 4. The molecule has 3 N–H and O–H groups in total. The maximum Gasteiger partial charge on any atom is 0.320 e. The molecule has 1 rings (SSSR count). The van der Waals surface area contributed by atoms with E-state index in [1.54, 1.807) is 0 Å². The molecule has 21 heavy (non-hydrogen) atoms. The molecule has 1 saturated carbocycles. The third kappa shape index (κ3) is 4.17. The second-order valence-corrected chi connectivity index (χ2v) is 5.05. The fraction of sp³-hybridized carbons (Fsp3) is 0.692. The fourth-order valence-corrected chi connectivity index (χ4v) is 2.05. The van der Waals surface area contributed by atoms with Gasteiger partial charge in [0.2, 0.25) is 11.8 Å². The Balaban J connectivity index is 2.91. The van der Waals surface area contributed by atoms with Crippen molar-refractivity contribution >= 4 is 23.8 Å². The van der Waals surface area contributed by atoms with Crippen molar-refractivity contribution in [3.05, 3.63) is 0 Å². The summed E-state index contributed by atoms with van der Waals surface area (Å²) >= 11 is 0. The molecule has 2 amide bonds. The molecule has 2 atom stereocenters. The molecule has 0 heterocycles. The molecule has 1 aliphatic rings. The van der Waals surface area contributed by atoms with E-state index in [-0.39, 0.29) is 11.8 Å². The smallest absolute Gasteiger partial charge is 0.320 e. The maximum absolute atomic E-state index is 11.8. The van der Waals surface area contributed by atoms with Gasteiger partial charge in [-0.1, -0.05) is 6.92 Å². The highest BCUT2D eigenvalue weighted by Gasteiger charge is 2.42. The van der Waals surface area contributed by atoms with Crippen LogP contribution in [0, 0.1) is 17.8 Å². The highest BCUT2D eigenvalue weighted by atomic mass is 16.5. The molecule has 0 radical (unpaired) electrons. The number of esters is 2. The van der Waals surface area contributed by atoms with Crippen molar-refractivity contribution < 1.29 is 28.7 Å². The lowest BCUT2D eigenvalue weighted by molar-refractivity contribution is -0.162. The zero-order valence-corrected chi connectivity index (χ0v) is 12.3. The minimum atomic E-state index is -1.34. The van der Waals surface area contributed by atoms with Crippen molar-refractivity contribution in [3.8, 4) is 0 Å². The Morgan fingerprint density at radius 2 is 1.57 bits per heavy atom. The molecule has 0 unspecified atom stereocenters. The Kier molecular flexibility index (Phi) is 5.69. The SMILES string of the molecule is COC(=O)C(C(=O)OC)[C@H](C)[C@@H](NC(=O)C1CC1)C(N)=O. The van der Waals surface area contributed by atoms with E-state index < -0.39 is 35.7 Å². The summed E-state index contributed by atoms with van der Waals surface area (Å²) in [6.45, 7) is 1.46. The molecule has 0 aromatic carbocycles. The first-order valence-corrected chi connectivity index (χ1v) is 6.58. The molecule has 118 valence electrons. The standard InChI is InChI=1S/C13H20N2O6/c1-6(8(12(18)20-2)13(19)21-3)9(10(14)16)15-11(17)7-4-5-7/h6-9H,4-5H2,1-3H3,(H2,14,16)(H,15,17)/t6-,9+/m0/s1. The highest BCUT2D eigenvalue weighted by Crippen LogP contribution is 2.29. The van der Waals surface area contributed by atoms with E-state index in [0.717, 1.165) is 27.1 Å². The van der Waals surface area contributed by atoms with E-state index in [0.29, 0.717) is 0 Å². The van der Waals surface area contributed by atoms with Gasteiger partial charge in [0.05, 0.1) is 14.2 Å². The van der Waals surface area contributed by atoms with E-state index in [2.05, 4.69) is 14.8 Å². The minimum Gasteiger partial charge on any atom is -0.468 e. The monoisotopic (exact) mass is 300 g/mol. The maximum atomic E-state index is 11.8. The average Bonchev–Trinajstić information content (AvgIpc) is 3.27. The largest absolute Gasteiger partial charge is 0.468 e.